The largest absolute Gasteiger partial charge is 0.457 e. The van der Waals surface area contributed by atoms with Gasteiger partial charge in [-0.3, -0.25) is 4.79 Å². The molecular formula is C19H21NO2. The summed E-state index contributed by atoms with van der Waals surface area (Å²) in [5, 5.41) is 0. The number of hydrogen-bond donors (Lipinski definition) is 0. The number of benzene rings is 2. The molecule has 0 bridgehead atoms. The molecule has 3 nitrogen and oxygen atoms in total. The molecule has 1 saturated heterocycles. The first-order valence-corrected chi connectivity index (χ1v) is 7.86. The van der Waals surface area contributed by atoms with Crippen LogP contribution in [0.15, 0.2) is 54.6 Å². The smallest absolute Gasteiger partial charge is 0.229 e. The number of carbonyl (C=O) groups excluding carboxylic acids is 1. The van der Waals surface area contributed by atoms with E-state index in [9.17, 15) is 4.79 Å². The minimum absolute atomic E-state index is 0.127. The van der Waals surface area contributed by atoms with Gasteiger partial charge >= 0.3 is 0 Å². The summed E-state index contributed by atoms with van der Waals surface area (Å²) in [5.74, 6) is 1.66. The molecule has 0 aromatic heterocycles. The normalized spacial score (nSPS) is 15.6. The van der Waals surface area contributed by atoms with E-state index >= 15 is 0 Å². The number of para-hydroxylation sites is 1. The second-order valence-electron chi connectivity index (χ2n) is 5.74. The van der Waals surface area contributed by atoms with Gasteiger partial charge in [-0.2, -0.15) is 0 Å². The second kappa shape index (κ2) is 6.65. The van der Waals surface area contributed by atoms with Crippen molar-refractivity contribution in [1.29, 1.82) is 0 Å². The fourth-order valence-electron chi connectivity index (χ4n) is 2.83. The van der Waals surface area contributed by atoms with Gasteiger partial charge in [0.15, 0.2) is 0 Å². The van der Waals surface area contributed by atoms with Crippen LogP contribution < -0.4 is 4.74 Å². The lowest BCUT2D eigenvalue weighted by atomic mass is 9.99. The van der Waals surface area contributed by atoms with Crippen LogP contribution >= 0.6 is 0 Å². The molecule has 0 spiro atoms. The van der Waals surface area contributed by atoms with Gasteiger partial charge in [-0.05, 0) is 49.6 Å². The van der Waals surface area contributed by atoms with Crippen molar-refractivity contribution in [1.82, 2.24) is 4.90 Å². The van der Waals surface area contributed by atoms with Crippen LogP contribution in [0.5, 0.6) is 11.5 Å². The number of nitrogens with zero attached hydrogens (tertiary/aromatic N) is 1. The minimum atomic E-state index is -0.127. The fourth-order valence-corrected chi connectivity index (χ4v) is 2.83. The SMILES string of the molecule is CC(C(=O)N1CCCC1)c1cccc(Oc2ccccc2)c1. The summed E-state index contributed by atoms with van der Waals surface area (Å²) >= 11 is 0. The van der Waals surface area contributed by atoms with E-state index in [1.807, 2.05) is 66.4 Å². The lowest BCUT2D eigenvalue weighted by Gasteiger charge is -2.21. The summed E-state index contributed by atoms with van der Waals surface area (Å²) in [6, 6.07) is 17.5. The van der Waals surface area contributed by atoms with Gasteiger partial charge in [0.1, 0.15) is 11.5 Å². The van der Waals surface area contributed by atoms with Crippen molar-refractivity contribution in [2.45, 2.75) is 25.7 Å². The highest BCUT2D eigenvalue weighted by Crippen LogP contribution is 2.27. The monoisotopic (exact) mass is 295 g/mol. The van der Waals surface area contributed by atoms with Crippen LogP contribution in [0.4, 0.5) is 0 Å². The molecule has 1 aliphatic rings. The zero-order valence-corrected chi connectivity index (χ0v) is 12.9. The van der Waals surface area contributed by atoms with E-state index in [4.69, 9.17) is 4.74 Å². The Kier molecular flexibility index (Phi) is 4.42. The number of hydrogen-bond acceptors (Lipinski definition) is 2. The number of ether oxygens (including phenoxy) is 1. The van der Waals surface area contributed by atoms with Gasteiger partial charge in [-0.15, -0.1) is 0 Å². The lowest BCUT2D eigenvalue weighted by Crippen LogP contribution is -2.31. The van der Waals surface area contributed by atoms with Crippen molar-refractivity contribution in [2.75, 3.05) is 13.1 Å². The molecule has 0 N–H and O–H groups in total. The van der Waals surface area contributed by atoms with E-state index < -0.39 is 0 Å². The molecule has 0 radical (unpaired) electrons. The van der Waals surface area contributed by atoms with Crippen LogP contribution in [0.3, 0.4) is 0 Å². The van der Waals surface area contributed by atoms with E-state index in [1.54, 1.807) is 0 Å². The Hall–Kier alpha value is -2.29. The van der Waals surface area contributed by atoms with Crippen molar-refractivity contribution in [2.24, 2.45) is 0 Å². The topological polar surface area (TPSA) is 29.5 Å². The summed E-state index contributed by atoms with van der Waals surface area (Å²) in [5.41, 5.74) is 1.00. The molecule has 1 amide bonds. The number of carbonyl (C=O) groups is 1. The number of likely N-dealkylation sites (tertiary alicyclic amines) is 1. The molecule has 114 valence electrons. The Morgan fingerprint density at radius 2 is 1.68 bits per heavy atom. The highest BCUT2D eigenvalue weighted by Gasteiger charge is 2.24. The Bertz CT molecular complexity index is 633. The Labute approximate surface area is 131 Å². The van der Waals surface area contributed by atoms with Gasteiger partial charge in [0.2, 0.25) is 5.91 Å². The molecule has 3 heteroatoms. The predicted octanol–water partition coefficient (Wildman–Crippen LogP) is 4.20. The average Bonchev–Trinajstić information content (AvgIpc) is 3.09. The molecule has 1 fully saturated rings. The van der Waals surface area contributed by atoms with E-state index in [0.29, 0.717) is 0 Å². The standard InChI is InChI=1S/C19H21NO2/c1-15(19(21)20-12-5-6-13-20)16-8-7-11-18(14-16)22-17-9-3-2-4-10-17/h2-4,7-11,14-15H,5-6,12-13H2,1H3. The van der Waals surface area contributed by atoms with Gasteiger partial charge in [0.25, 0.3) is 0 Å². The van der Waals surface area contributed by atoms with E-state index in [-0.39, 0.29) is 11.8 Å². The van der Waals surface area contributed by atoms with Crippen molar-refractivity contribution in [3.8, 4) is 11.5 Å². The second-order valence-corrected chi connectivity index (χ2v) is 5.74. The van der Waals surface area contributed by atoms with Gasteiger partial charge in [0, 0.05) is 13.1 Å². The van der Waals surface area contributed by atoms with Gasteiger partial charge in [-0.25, -0.2) is 0 Å². The molecule has 2 aromatic rings. The first-order chi connectivity index (χ1) is 10.7. The maximum Gasteiger partial charge on any atom is 0.229 e. The van der Waals surface area contributed by atoms with E-state index in [2.05, 4.69) is 0 Å². The van der Waals surface area contributed by atoms with Crippen LogP contribution in [0, 0.1) is 0 Å². The predicted molar refractivity (Wildman–Crippen MR) is 87.2 cm³/mol. The molecule has 0 aliphatic carbocycles. The van der Waals surface area contributed by atoms with Crippen LogP contribution in [-0.2, 0) is 4.79 Å². The Morgan fingerprint density at radius 3 is 2.41 bits per heavy atom. The Morgan fingerprint density at radius 1 is 1.00 bits per heavy atom. The number of rotatable bonds is 4. The maximum absolute atomic E-state index is 12.5. The molecule has 22 heavy (non-hydrogen) atoms. The minimum Gasteiger partial charge on any atom is -0.457 e. The summed E-state index contributed by atoms with van der Waals surface area (Å²) < 4.78 is 5.85. The molecular weight excluding hydrogens is 274 g/mol. The van der Waals surface area contributed by atoms with Gasteiger partial charge < -0.3 is 9.64 Å². The third-order valence-electron chi connectivity index (χ3n) is 4.13. The van der Waals surface area contributed by atoms with Crippen LogP contribution in [0.1, 0.15) is 31.2 Å². The highest BCUT2D eigenvalue weighted by molar-refractivity contribution is 5.83. The molecule has 1 aliphatic heterocycles. The lowest BCUT2D eigenvalue weighted by molar-refractivity contribution is -0.131. The summed E-state index contributed by atoms with van der Waals surface area (Å²) in [6.07, 6.45) is 2.24. The molecule has 1 unspecified atom stereocenters. The maximum atomic E-state index is 12.5. The van der Waals surface area contributed by atoms with Crippen molar-refractivity contribution < 1.29 is 9.53 Å². The third kappa shape index (κ3) is 3.30. The molecule has 3 rings (SSSR count). The quantitative estimate of drug-likeness (QED) is 0.846. The Balaban J connectivity index is 1.74. The zero-order chi connectivity index (χ0) is 15.4. The first kappa shape index (κ1) is 14.6. The van der Waals surface area contributed by atoms with Gasteiger partial charge in [-0.1, -0.05) is 30.3 Å². The van der Waals surface area contributed by atoms with E-state index in [1.165, 1.54) is 0 Å². The molecule has 1 atom stereocenters. The summed E-state index contributed by atoms with van der Waals surface area (Å²) in [4.78, 5) is 14.5. The third-order valence-corrected chi connectivity index (χ3v) is 4.13. The summed E-state index contributed by atoms with van der Waals surface area (Å²) in [7, 11) is 0. The van der Waals surface area contributed by atoms with Crippen LogP contribution in [-0.4, -0.2) is 23.9 Å². The fraction of sp³-hybridized carbons (Fsp3) is 0.316. The van der Waals surface area contributed by atoms with Crippen molar-refractivity contribution >= 4 is 5.91 Å². The van der Waals surface area contributed by atoms with E-state index in [0.717, 1.165) is 43.0 Å². The average molecular weight is 295 g/mol. The van der Waals surface area contributed by atoms with Crippen molar-refractivity contribution in [3.63, 3.8) is 0 Å². The summed E-state index contributed by atoms with van der Waals surface area (Å²) in [6.45, 7) is 3.76. The zero-order valence-electron chi connectivity index (χ0n) is 12.9. The van der Waals surface area contributed by atoms with Crippen molar-refractivity contribution in [3.05, 3.63) is 60.2 Å². The first-order valence-electron chi connectivity index (χ1n) is 7.86. The van der Waals surface area contributed by atoms with Crippen LogP contribution in [0.2, 0.25) is 0 Å². The molecule has 0 saturated carbocycles. The molecule has 1 heterocycles. The van der Waals surface area contributed by atoms with Crippen LogP contribution in [0.25, 0.3) is 0 Å². The number of amides is 1. The highest BCUT2D eigenvalue weighted by atomic mass is 16.5. The van der Waals surface area contributed by atoms with Gasteiger partial charge in [0.05, 0.1) is 5.92 Å². The molecule has 2 aromatic carbocycles.